The van der Waals surface area contributed by atoms with Gasteiger partial charge in [-0.25, -0.2) is 9.67 Å². The van der Waals surface area contributed by atoms with E-state index in [1.165, 1.54) is 16.8 Å². The van der Waals surface area contributed by atoms with Crippen LogP contribution in [0.15, 0.2) is 48.7 Å². The highest BCUT2D eigenvalue weighted by molar-refractivity contribution is 7.22. The molecular formula is C21H18F2N4O3S. The topological polar surface area (TPSA) is 78.3 Å². The van der Waals surface area contributed by atoms with Gasteiger partial charge in [-0.2, -0.15) is 13.9 Å². The van der Waals surface area contributed by atoms with Crippen LogP contribution in [0, 0.1) is 13.8 Å². The Bertz CT molecular complexity index is 1220. The minimum atomic E-state index is -2.90. The third-order valence-corrected chi connectivity index (χ3v) is 5.17. The van der Waals surface area contributed by atoms with Crippen LogP contribution in [0.1, 0.15) is 21.6 Å². The molecule has 2 heterocycles. The Morgan fingerprint density at radius 1 is 1.13 bits per heavy atom. The van der Waals surface area contributed by atoms with E-state index in [2.05, 4.69) is 26.2 Å². The summed E-state index contributed by atoms with van der Waals surface area (Å²) in [5.74, 6) is 0.323. The Balaban J connectivity index is 1.40. The van der Waals surface area contributed by atoms with Crippen LogP contribution >= 0.6 is 11.3 Å². The van der Waals surface area contributed by atoms with Crippen molar-refractivity contribution in [3.8, 4) is 11.5 Å². The number of aryl methyl sites for hydroxylation is 2. The van der Waals surface area contributed by atoms with Gasteiger partial charge in [-0.3, -0.25) is 10.1 Å². The third kappa shape index (κ3) is 5.15. The molecule has 0 spiro atoms. The Labute approximate surface area is 180 Å². The number of aromatic nitrogens is 3. The average molecular weight is 444 g/mol. The Morgan fingerprint density at radius 3 is 2.65 bits per heavy atom. The second-order valence-electron chi connectivity index (χ2n) is 6.82. The summed E-state index contributed by atoms with van der Waals surface area (Å²) in [7, 11) is 0. The van der Waals surface area contributed by atoms with Crippen molar-refractivity contribution in [1.82, 2.24) is 14.8 Å². The Hall–Kier alpha value is -3.53. The lowest BCUT2D eigenvalue weighted by Crippen LogP contribution is -2.14. The predicted molar refractivity (Wildman–Crippen MR) is 113 cm³/mol. The lowest BCUT2D eigenvalue weighted by molar-refractivity contribution is -0.0497. The highest BCUT2D eigenvalue weighted by Crippen LogP contribution is 2.30. The number of rotatable bonds is 7. The number of nitrogens with zero attached hydrogens (tertiary/aromatic N) is 3. The van der Waals surface area contributed by atoms with Gasteiger partial charge < -0.3 is 9.47 Å². The standard InChI is InChI=1S/C21H18F2N4O3S/c1-12-7-13(2)9-15(8-12)29-11-27-6-5-17(26-27)19(28)25-21-24-16-4-3-14(30-20(22)23)10-18(16)31-21/h3-10,20H,11H2,1-2H3,(H,24,25,28). The van der Waals surface area contributed by atoms with Crippen molar-refractivity contribution in [2.75, 3.05) is 5.32 Å². The number of fused-ring (bicyclic) bond motifs is 1. The summed E-state index contributed by atoms with van der Waals surface area (Å²) in [5, 5.41) is 7.22. The van der Waals surface area contributed by atoms with Gasteiger partial charge in [-0.15, -0.1) is 0 Å². The quantitative estimate of drug-likeness (QED) is 0.434. The molecule has 0 saturated heterocycles. The molecule has 0 bridgehead atoms. The first-order valence-electron chi connectivity index (χ1n) is 9.27. The molecule has 0 unspecified atom stereocenters. The van der Waals surface area contributed by atoms with E-state index in [1.54, 1.807) is 18.3 Å². The molecule has 0 aliphatic carbocycles. The maximum Gasteiger partial charge on any atom is 0.387 e. The van der Waals surface area contributed by atoms with Crippen LogP contribution in [0.4, 0.5) is 13.9 Å². The van der Waals surface area contributed by atoms with Crippen LogP contribution in [0.2, 0.25) is 0 Å². The zero-order chi connectivity index (χ0) is 22.0. The van der Waals surface area contributed by atoms with Gasteiger partial charge in [0, 0.05) is 6.20 Å². The van der Waals surface area contributed by atoms with E-state index in [0.717, 1.165) is 28.2 Å². The molecule has 1 amide bonds. The molecule has 0 atom stereocenters. The number of anilines is 1. The molecule has 4 aromatic rings. The summed E-state index contributed by atoms with van der Waals surface area (Å²) in [5.41, 5.74) is 2.96. The van der Waals surface area contributed by atoms with Gasteiger partial charge in [-0.1, -0.05) is 17.4 Å². The highest BCUT2D eigenvalue weighted by Gasteiger charge is 2.14. The zero-order valence-electron chi connectivity index (χ0n) is 16.6. The number of hydrogen-bond donors (Lipinski definition) is 1. The van der Waals surface area contributed by atoms with Gasteiger partial charge in [0.05, 0.1) is 10.2 Å². The van der Waals surface area contributed by atoms with E-state index in [9.17, 15) is 13.6 Å². The molecule has 0 aliphatic rings. The second kappa shape index (κ2) is 8.68. The van der Waals surface area contributed by atoms with E-state index in [0.29, 0.717) is 15.3 Å². The summed E-state index contributed by atoms with van der Waals surface area (Å²) in [6.07, 6.45) is 1.64. The lowest BCUT2D eigenvalue weighted by Gasteiger charge is -2.08. The first kappa shape index (κ1) is 20.7. The number of nitrogens with one attached hydrogen (secondary N) is 1. The predicted octanol–water partition coefficient (Wildman–Crippen LogP) is 5.00. The van der Waals surface area contributed by atoms with Gasteiger partial charge in [0.1, 0.15) is 11.5 Å². The third-order valence-electron chi connectivity index (χ3n) is 4.24. The second-order valence-corrected chi connectivity index (χ2v) is 7.85. The molecule has 0 saturated carbocycles. The number of ether oxygens (including phenoxy) is 2. The van der Waals surface area contributed by atoms with Gasteiger partial charge >= 0.3 is 6.61 Å². The first-order chi connectivity index (χ1) is 14.9. The van der Waals surface area contributed by atoms with Crippen LogP contribution in [-0.4, -0.2) is 27.3 Å². The maximum absolute atomic E-state index is 12.5. The molecular weight excluding hydrogens is 426 g/mol. The lowest BCUT2D eigenvalue weighted by atomic mass is 10.1. The number of carbonyl (C=O) groups is 1. The molecule has 160 valence electrons. The smallest absolute Gasteiger partial charge is 0.387 e. The van der Waals surface area contributed by atoms with Crippen LogP contribution in [0.3, 0.4) is 0 Å². The number of halogens is 2. The molecule has 10 heteroatoms. The largest absolute Gasteiger partial charge is 0.471 e. The van der Waals surface area contributed by atoms with Crippen molar-refractivity contribution >= 4 is 32.6 Å². The van der Waals surface area contributed by atoms with Gasteiger partial charge in [-0.05, 0) is 61.4 Å². The summed E-state index contributed by atoms with van der Waals surface area (Å²) < 4.78 is 37.0. The number of carbonyl (C=O) groups excluding carboxylic acids is 1. The number of alkyl halides is 2. The van der Waals surface area contributed by atoms with Gasteiger partial charge in [0.25, 0.3) is 5.91 Å². The van der Waals surface area contributed by atoms with Crippen LogP contribution in [0.25, 0.3) is 10.2 Å². The molecule has 1 N–H and O–H groups in total. The van der Waals surface area contributed by atoms with Gasteiger partial charge in [0.15, 0.2) is 17.6 Å². The van der Waals surface area contributed by atoms with E-state index >= 15 is 0 Å². The molecule has 0 fully saturated rings. The summed E-state index contributed by atoms with van der Waals surface area (Å²) >= 11 is 1.15. The highest BCUT2D eigenvalue weighted by atomic mass is 32.1. The molecule has 0 radical (unpaired) electrons. The fourth-order valence-electron chi connectivity index (χ4n) is 3.01. The van der Waals surface area contributed by atoms with Gasteiger partial charge in [0.2, 0.25) is 0 Å². The van der Waals surface area contributed by atoms with Crippen molar-refractivity contribution in [3.63, 3.8) is 0 Å². The Morgan fingerprint density at radius 2 is 1.90 bits per heavy atom. The van der Waals surface area contributed by atoms with E-state index < -0.39 is 12.5 Å². The van der Waals surface area contributed by atoms with Crippen LogP contribution in [-0.2, 0) is 6.73 Å². The number of benzene rings is 2. The fraction of sp³-hybridized carbons (Fsp3) is 0.190. The first-order valence-corrected chi connectivity index (χ1v) is 10.1. The fourth-order valence-corrected chi connectivity index (χ4v) is 3.90. The number of hydrogen-bond acceptors (Lipinski definition) is 6. The molecule has 4 rings (SSSR count). The zero-order valence-corrected chi connectivity index (χ0v) is 17.5. The number of thiazole rings is 1. The van der Waals surface area contributed by atoms with E-state index in [-0.39, 0.29) is 18.2 Å². The van der Waals surface area contributed by atoms with E-state index in [4.69, 9.17) is 4.74 Å². The van der Waals surface area contributed by atoms with Crippen molar-refractivity contribution < 1.29 is 23.0 Å². The minimum absolute atomic E-state index is 0.0339. The normalized spacial score (nSPS) is 11.1. The summed E-state index contributed by atoms with van der Waals surface area (Å²) in [6.45, 7) is 1.23. The van der Waals surface area contributed by atoms with Crippen LogP contribution in [0.5, 0.6) is 11.5 Å². The van der Waals surface area contributed by atoms with Crippen molar-refractivity contribution in [2.45, 2.75) is 27.2 Å². The molecule has 0 aliphatic heterocycles. The monoisotopic (exact) mass is 444 g/mol. The molecule has 31 heavy (non-hydrogen) atoms. The maximum atomic E-state index is 12.5. The summed E-state index contributed by atoms with van der Waals surface area (Å²) in [4.78, 5) is 16.8. The van der Waals surface area contributed by atoms with E-state index in [1.807, 2.05) is 26.0 Å². The van der Waals surface area contributed by atoms with Crippen molar-refractivity contribution in [2.24, 2.45) is 0 Å². The van der Waals surface area contributed by atoms with Crippen molar-refractivity contribution in [1.29, 1.82) is 0 Å². The Kier molecular flexibility index (Phi) is 5.81. The SMILES string of the molecule is Cc1cc(C)cc(OCn2ccc(C(=O)Nc3nc4ccc(OC(F)F)cc4s3)n2)c1. The molecule has 2 aromatic carbocycles. The minimum Gasteiger partial charge on any atom is -0.471 e. The number of amides is 1. The van der Waals surface area contributed by atoms with Crippen molar-refractivity contribution in [3.05, 3.63) is 65.5 Å². The van der Waals surface area contributed by atoms with Crippen LogP contribution < -0.4 is 14.8 Å². The molecule has 7 nitrogen and oxygen atoms in total. The summed E-state index contributed by atoms with van der Waals surface area (Å²) in [6, 6.07) is 11.9. The average Bonchev–Trinajstić information content (AvgIpc) is 3.31. The molecule has 2 aromatic heterocycles.